The zero-order valence-corrected chi connectivity index (χ0v) is 9.18. The normalized spacial score (nSPS) is 11.2. The van der Waals surface area contributed by atoms with Crippen LogP contribution in [0, 0.1) is 6.07 Å². The molecule has 0 saturated heterocycles. The number of aromatic nitrogens is 1. The highest BCUT2D eigenvalue weighted by Gasteiger charge is 2.14. The van der Waals surface area contributed by atoms with Crippen LogP contribution in [0.4, 0.5) is 5.13 Å². The van der Waals surface area contributed by atoms with Crippen molar-refractivity contribution in [1.82, 2.24) is 4.98 Å². The van der Waals surface area contributed by atoms with Crippen molar-refractivity contribution in [1.29, 1.82) is 0 Å². The second-order valence-corrected chi connectivity index (χ2v) is 5.26. The molecule has 0 aliphatic carbocycles. The Bertz CT molecular complexity index is 521. The lowest BCUT2D eigenvalue weighted by molar-refractivity contribution is 0.601. The van der Waals surface area contributed by atoms with Gasteiger partial charge >= 0.3 is 0 Å². The summed E-state index contributed by atoms with van der Waals surface area (Å²) < 4.78 is 25.8. The summed E-state index contributed by atoms with van der Waals surface area (Å²) in [6, 6.07) is 8.89. The zero-order valence-electron chi connectivity index (χ0n) is 7.54. The van der Waals surface area contributed by atoms with E-state index >= 15 is 0 Å². The fourth-order valence-corrected chi connectivity index (χ4v) is 2.77. The summed E-state index contributed by atoms with van der Waals surface area (Å²) in [5.41, 5.74) is 0. The van der Waals surface area contributed by atoms with Crippen molar-refractivity contribution in [3.8, 4) is 0 Å². The molecule has 0 aliphatic rings. The highest BCUT2D eigenvalue weighted by molar-refractivity contribution is 7.93. The molecule has 0 saturated carbocycles. The van der Waals surface area contributed by atoms with E-state index in [1.807, 2.05) is 0 Å². The highest BCUT2D eigenvalue weighted by atomic mass is 32.2. The van der Waals surface area contributed by atoms with Gasteiger partial charge in [-0.1, -0.05) is 12.1 Å². The van der Waals surface area contributed by atoms with Gasteiger partial charge in [0.1, 0.15) is 0 Å². The van der Waals surface area contributed by atoms with Crippen LogP contribution < -0.4 is 4.72 Å². The molecule has 15 heavy (non-hydrogen) atoms. The van der Waals surface area contributed by atoms with E-state index in [4.69, 9.17) is 0 Å². The Labute approximate surface area is 91.7 Å². The molecular weight excluding hydrogens is 232 g/mol. The number of nitrogens with one attached hydrogen (secondary N) is 1. The van der Waals surface area contributed by atoms with Gasteiger partial charge in [0.2, 0.25) is 0 Å². The number of sulfonamides is 1. The molecule has 0 spiro atoms. The minimum atomic E-state index is -3.52. The fraction of sp³-hybridized carbons (Fsp3) is 0. The van der Waals surface area contributed by atoms with E-state index in [0.717, 1.165) is 0 Å². The van der Waals surface area contributed by atoms with Gasteiger partial charge in [0.15, 0.2) is 5.13 Å². The third kappa shape index (κ3) is 2.34. The Hall–Kier alpha value is -1.40. The smallest absolute Gasteiger partial charge is 0.255 e. The van der Waals surface area contributed by atoms with Gasteiger partial charge < -0.3 is 0 Å². The summed E-state index contributed by atoms with van der Waals surface area (Å²) in [5.74, 6) is 0. The Kier molecular flexibility index (Phi) is 2.70. The molecule has 0 amide bonds. The Morgan fingerprint density at radius 2 is 2.33 bits per heavy atom. The third-order valence-electron chi connectivity index (χ3n) is 1.64. The summed E-state index contributed by atoms with van der Waals surface area (Å²) in [7, 11) is -3.52. The first kappa shape index (κ1) is 10.1. The maximum Gasteiger partial charge on any atom is 0.263 e. The number of rotatable bonds is 3. The van der Waals surface area contributed by atoms with Gasteiger partial charge in [0.05, 0.1) is 4.90 Å². The molecular formula is C9H7N2O2S2. The number of nitrogens with zero attached hydrogens (tertiary/aromatic N) is 1. The lowest BCUT2D eigenvalue weighted by Gasteiger charge is -2.03. The maximum absolute atomic E-state index is 11.7. The van der Waals surface area contributed by atoms with E-state index < -0.39 is 10.0 Å². The second-order valence-electron chi connectivity index (χ2n) is 2.68. The van der Waals surface area contributed by atoms with Crippen molar-refractivity contribution < 1.29 is 8.42 Å². The summed E-state index contributed by atoms with van der Waals surface area (Å²) in [6.07, 6.45) is 1.54. The van der Waals surface area contributed by atoms with E-state index in [9.17, 15) is 8.42 Å². The Morgan fingerprint density at radius 3 is 2.93 bits per heavy atom. The molecule has 1 N–H and O–H groups in total. The van der Waals surface area contributed by atoms with E-state index in [2.05, 4.69) is 15.8 Å². The molecule has 0 fully saturated rings. The lowest BCUT2D eigenvalue weighted by atomic mass is 10.4. The summed E-state index contributed by atoms with van der Waals surface area (Å²) in [5, 5.41) is 2.06. The molecule has 1 aromatic heterocycles. The molecule has 6 heteroatoms. The monoisotopic (exact) mass is 239 g/mol. The molecule has 0 bridgehead atoms. The minimum Gasteiger partial charge on any atom is -0.255 e. The molecule has 77 valence electrons. The molecule has 1 aromatic carbocycles. The molecule has 2 aromatic rings. The van der Waals surface area contributed by atoms with Gasteiger partial charge in [-0.15, -0.1) is 11.3 Å². The molecule has 4 nitrogen and oxygen atoms in total. The fourth-order valence-electron chi connectivity index (χ4n) is 0.992. The van der Waals surface area contributed by atoms with Crippen LogP contribution in [0.3, 0.4) is 0 Å². The molecule has 2 rings (SSSR count). The SMILES string of the molecule is O=S(=O)(Nc1nccs1)c1c[c]ccc1. The van der Waals surface area contributed by atoms with E-state index in [-0.39, 0.29) is 4.90 Å². The molecule has 0 unspecified atom stereocenters. The highest BCUT2D eigenvalue weighted by Crippen LogP contribution is 2.16. The van der Waals surface area contributed by atoms with Crippen molar-refractivity contribution in [2.75, 3.05) is 4.72 Å². The van der Waals surface area contributed by atoms with Crippen molar-refractivity contribution in [2.24, 2.45) is 0 Å². The number of hydrogen-bond donors (Lipinski definition) is 1. The Balaban J connectivity index is 2.29. The van der Waals surface area contributed by atoms with Crippen LogP contribution in [0.1, 0.15) is 0 Å². The summed E-state index contributed by atoms with van der Waals surface area (Å²) >= 11 is 1.23. The van der Waals surface area contributed by atoms with E-state index in [1.165, 1.54) is 23.5 Å². The number of benzene rings is 1. The predicted octanol–water partition coefficient (Wildman–Crippen LogP) is 1.74. The van der Waals surface area contributed by atoms with Crippen molar-refractivity contribution in [3.05, 3.63) is 41.9 Å². The standard InChI is InChI=1S/C9H7N2O2S2/c12-15(13,8-4-2-1-3-5-8)11-9-10-6-7-14-9/h1-2,4-7H,(H,10,11). The number of thiazole rings is 1. The number of anilines is 1. The van der Waals surface area contributed by atoms with Crippen molar-refractivity contribution >= 4 is 26.5 Å². The van der Waals surface area contributed by atoms with Crippen LogP contribution in [0.25, 0.3) is 0 Å². The third-order valence-corrected chi connectivity index (χ3v) is 3.80. The minimum absolute atomic E-state index is 0.181. The predicted molar refractivity (Wildman–Crippen MR) is 58.2 cm³/mol. The molecule has 0 aliphatic heterocycles. The van der Waals surface area contributed by atoms with Gasteiger partial charge in [-0.3, -0.25) is 4.72 Å². The Morgan fingerprint density at radius 1 is 1.47 bits per heavy atom. The van der Waals surface area contributed by atoms with Crippen molar-refractivity contribution in [3.63, 3.8) is 0 Å². The topological polar surface area (TPSA) is 59.1 Å². The van der Waals surface area contributed by atoms with E-state index in [0.29, 0.717) is 5.13 Å². The van der Waals surface area contributed by atoms with Gasteiger partial charge in [-0.25, -0.2) is 13.4 Å². The van der Waals surface area contributed by atoms with Crippen LogP contribution >= 0.6 is 11.3 Å². The van der Waals surface area contributed by atoms with Gasteiger partial charge in [0.25, 0.3) is 10.0 Å². The average molecular weight is 239 g/mol. The van der Waals surface area contributed by atoms with Crippen molar-refractivity contribution in [2.45, 2.75) is 4.90 Å². The van der Waals surface area contributed by atoms with Gasteiger partial charge in [-0.05, 0) is 18.2 Å². The zero-order chi connectivity index (χ0) is 10.7. The molecule has 1 heterocycles. The first-order chi connectivity index (χ1) is 7.18. The van der Waals surface area contributed by atoms with Gasteiger partial charge in [0, 0.05) is 11.6 Å². The molecule has 1 radical (unpaired) electrons. The van der Waals surface area contributed by atoms with Crippen LogP contribution in [-0.4, -0.2) is 13.4 Å². The lowest BCUT2D eigenvalue weighted by Crippen LogP contribution is -2.12. The largest absolute Gasteiger partial charge is 0.263 e. The van der Waals surface area contributed by atoms with Crippen LogP contribution in [-0.2, 0) is 10.0 Å². The quantitative estimate of drug-likeness (QED) is 0.887. The summed E-state index contributed by atoms with van der Waals surface area (Å²) in [6.45, 7) is 0. The average Bonchev–Trinajstić information content (AvgIpc) is 2.71. The summed E-state index contributed by atoms with van der Waals surface area (Å²) in [4.78, 5) is 4.03. The molecule has 0 atom stereocenters. The first-order valence-corrected chi connectivity index (χ1v) is 6.43. The first-order valence-electron chi connectivity index (χ1n) is 4.07. The number of hydrogen-bond acceptors (Lipinski definition) is 4. The maximum atomic E-state index is 11.7. The van der Waals surface area contributed by atoms with Crippen LogP contribution in [0.2, 0.25) is 0 Å². The van der Waals surface area contributed by atoms with Crippen LogP contribution in [0.5, 0.6) is 0 Å². The second kappa shape index (κ2) is 4.00. The van der Waals surface area contributed by atoms with Gasteiger partial charge in [-0.2, -0.15) is 0 Å². The van der Waals surface area contributed by atoms with E-state index in [1.54, 1.807) is 23.7 Å². The van der Waals surface area contributed by atoms with Crippen LogP contribution in [0.15, 0.2) is 40.7 Å².